The van der Waals surface area contributed by atoms with Crippen molar-refractivity contribution < 1.29 is 0 Å². The van der Waals surface area contributed by atoms with Crippen LogP contribution in [-0.4, -0.2) is 61.7 Å². The molecule has 1 heterocycles. The van der Waals surface area contributed by atoms with E-state index in [0.717, 1.165) is 0 Å². The summed E-state index contributed by atoms with van der Waals surface area (Å²) in [6.07, 6.45) is 2.52. The van der Waals surface area contributed by atoms with E-state index in [1.165, 1.54) is 52.1 Å². The van der Waals surface area contributed by atoms with E-state index in [0.29, 0.717) is 0 Å². The number of hydrogen-bond acceptors (Lipinski definition) is 3. The Bertz CT molecular complexity index is 184. The van der Waals surface area contributed by atoms with E-state index in [4.69, 9.17) is 0 Å². The lowest BCUT2D eigenvalue weighted by molar-refractivity contribution is 0.124. The molecule has 0 saturated carbocycles. The summed E-state index contributed by atoms with van der Waals surface area (Å²) >= 11 is 0. The molecule has 0 amide bonds. The van der Waals surface area contributed by atoms with E-state index in [1.807, 2.05) is 0 Å². The minimum absolute atomic E-state index is 0.278. The lowest BCUT2D eigenvalue weighted by Crippen LogP contribution is -2.48. The Labute approximate surface area is 101 Å². The van der Waals surface area contributed by atoms with Crippen molar-refractivity contribution in [3.63, 3.8) is 0 Å². The van der Waals surface area contributed by atoms with Gasteiger partial charge in [-0.1, -0.05) is 6.92 Å². The Hall–Kier alpha value is -0.120. The Balaban J connectivity index is 2.17. The van der Waals surface area contributed by atoms with Crippen LogP contribution in [0.15, 0.2) is 0 Å². The summed E-state index contributed by atoms with van der Waals surface area (Å²) in [5.74, 6) is 0. The van der Waals surface area contributed by atoms with Gasteiger partial charge in [-0.2, -0.15) is 0 Å². The van der Waals surface area contributed by atoms with Gasteiger partial charge in [-0.25, -0.2) is 0 Å². The molecule has 0 unspecified atom stereocenters. The van der Waals surface area contributed by atoms with Crippen LogP contribution in [0.5, 0.6) is 0 Å². The number of nitrogens with zero attached hydrogens (tertiary/aromatic N) is 2. The molecule has 1 rings (SSSR count). The van der Waals surface area contributed by atoms with Gasteiger partial charge in [0.25, 0.3) is 0 Å². The molecule has 0 atom stereocenters. The molecule has 96 valence electrons. The van der Waals surface area contributed by atoms with Gasteiger partial charge in [0.1, 0.15) is 0 Å². The fourth-order valence-corrected chi connectivity index (χ4v) is 2.12. The van der Waals surface area contributed by atoms with Gasteiger partial charge in [0.2, 0.25) is 0 Å². The van der Waals surface area contributed by atoms with E-state index in [2.05, 4.69) is 42.9 Å². The second kappa shape index (κ2) is 6.58. The summed E-state index contributed by atoms with van der Waals surface area (Å²) in [4.78, 5) is 5.19. The molecule has 1 saturated heterocycles. The number of hydrogen-bond donors (Lipinski definition) is 1. The molecule has 0 aromatic heterocycles. The molecule has 0 aromatic carbocycles. The Morgan fingerprint density at radius 2 is 1.50 bits per heavy atom. The lowest BCUT2D eigenvalue weighted by Gasteiger charge is -2.36. The van der Waals surface area contributed by atoms with Gasteiger partial charge in [-0.05, 0) is 46.8 Å². The van der Waals surface area contributed by atoms with Gasteiger partial charge in [-0.15, -0.1) is 0 Å². The lowest BCUT2D eigenvalue weighted by atomic mass is 10.0. The van der Waals surface area contributed by atoms with Crippen molar-refractivity contribution in [3.05, 3.63) is 0 Å². The van der Waals surface area contributed by atoms with Crippen LogP contribution in [-0.2, 0) is 0 Å². The first-order chi connectivity index (χ1) is 7.57. The first kappa shape index (κ1) is 13.9. The molecule has 3 nitrogen and oxygen atoms in total. The molecule has 0 aromatic rings. The highest BCUT2D eigenvalue weighted by Gasteiger charge is 2.19. The first-order valence-corrected chi connectivity index (χ1v) is 6.71. The molecule has 0 spiro atoms. The molecule has 3 heteroatoms. The largest absolute Gasteiger partial charge is 0.315 e. The van der Waals surface area contributed by atoms with Crippen LogP contribution in [0.4, 0.5) is 0 Å². The maximum atomic E-state index is 3.37. The summed E-state index contributed by atoms with van der Waals surface area (Å²) in [6.45, 7) is 14.3. The molecule has 1 fully saturated rings. The van der Waals surface area contributed by atoms with E-state index in [1.54, 1.807) is 0 Å². The number of rotatable bonds is 6. The second-order valence-corrected chi connectivity index (χ2v) is 5.57. The molecule has 1 N–H and O–H groups in total. The van der Waals surface area contributed by atoms with Gasteiger partial charge < -0.3 is 15.1 Å². The number of nitrogens with one attached hydrogen (secondary N) is 1. The molecular weight excluding hydrogens is 198 g/mol. The van der Waals surface area contributed by atoms with Crippen LogP contribution >= 0.6 is 0 Å². The quantitative estimate of drug-likeness (QED) is 0.740. The van der Waals surface area contributed by atoms with Crippen molar-refractivity contribution in [3.8, 4) is 0 Å². The van der Waals surface area contributed by atoms with Crippen LogP contribution < -0.4 is 5.32 Å². The second-order valence-electron chi connectivity index (χ2n) is 5.57. The third-order valence-electron chi connectivity index (χ3n) is 3.73. The molecule has 16 heavy (non-hydrogen) atoms. The van der Waals surface area contributed by atoms with Crippen molar-refractivity contribution in [2.24, 2.45) is 0 Å². The maximum Gasteiger partial charge on any atom is 0.0134 e. The molecule has 0 radical (unpaired) electrons. The molecular formula is C13H29N3. The molecule has 0 bridgehead atoms. The summed E-state index contributed by atoms with van der Waals surface area (Å²) in [5, 5.41) is 3.37. The zero-order chi connectivity index (χ0) is 12.0. The summed E-state index contributed by atoms with van der Waals surface area (Å²) < 4.78 is 0. The average Bonchev–Trinajstić information content (AvgIpc) is 2.29. The van der Waals surface area contributed by atoms with Crippen LogP contribution in [0.3, 0.4) is 0 Å². The smallest absolute Gasteiger partial charge is 0.0134 e. The highest BCUT2D eigenvalue weighted by molar-refractivity contribution is 4.79. The minimum Gasteiger partial charge on any atom is -0.315 e. The van der Waals surface area contributed by atoms with Gasteiger partial charge in [0.05, 0.1) is 0 Å². The zero-order valence-electron chi connectivity index (χ0n) is 11.6. The van der Waals surface area contributed by atoms with Crippen molar-refractivity contribution >= 4 is 0 Å². The number of piperazine rings is 1. The van der Waals surface area contributed by atoms with Gasteiger partial charge >= 0.3 is 0 Å². The van der Waals surface area contributed by atoms with Crippen molar-refractivity contribution in [1.29, 1.82) is 0 Å². The van der Waals surface area contributed by atoms with E-state index in [-0.39, 0.29) is 5.54 Å². The fourth-order valence-electron chi connectivity index (χ4n) is 2.12. The predicted octanol–water partition coefficient (Wildman–Crippen LogP) is 1.40. The Morgan fingerprint density at radius 1 is 1.00 bits per heavy atom. The normalized spacial score (nSPS) is 20.2. The fraction of sp³-hybridized carbons (Fsp3) is 1.00. The summed E-state index contributed by atoms with van der Waals surface area (Å²) in [5.41, 5.74) is 0.278. The zero-order valence-corrected chi connectivity index (χ0v) is 11.6. The Kier molecular flexibility index (Phi) is 5.73. The van der Waals surface area contributed by atoms with Gasteiger partial charge in [0, 0.05) is 31.7 Å². The predicted molar refractivity (Wildman–Crippen MR) is 70.9 cm³/mol. The van der Waals surface area contributed by atoms with E-state index >= 15 is 0 Å². The van der Waals surface area contributed by atoms with E-state index < -0.39 is 0 Å². The van der Waals surface area contributed by atoms with Crippen molar-refractivity contribution in [1.82, 2.24) is 15.1 Å². The first-order valence-electron chi connectivity index (χ1n) is 6.71. The van der Waals surface area contributed by atoms with Crippen LogP contribution in [0.2, 0.25) is 0 Å². The topological polar surface area (TPSA) is 18.5 Å². The third kappa shape index (κ3) is 4.81. The summed E-state index contributed by atoms with van der Waals surface area (Å²) in [6, 6.07) is 0. The standard InChI is InChI=1S/C13H29N3/c1-5-7-15-9-11-16(12-10-15)8-6-13(2,3)14-4/h14H,5-12H2,1-4H3. The SMILES string of the molecule is CCCN1CCN(CCC(C)(C)NC)CC1. The summed E-state index contributed by atoms with van der Waals surface area (Å²) in [7, 11) is 2.05. The molecule has 1 aliphatic heterocycles. The molecule has 0 aliphatic carbocycles. The van der Waals surface area contributed by atoms with Crippen molar-refractivity contribution in [2.75, 3.05) is 46.3 Å². The van der Waals surface area contributed by atoms with Crippen LogP contribution in [0, 0.1) is 0 Å². The molecule has 1 aliphatic rings. The van der Waals surface area contributed by atoms with Gasteiger partial charge in [0.15, 0.2) is 0 Å². The maximum absolute atomic E-state index is 3.37. The highest BCUT2D eigenvalue weighted by Crippen LogP contribution is 2.10. The van der Waals surface area contributed by atoms with E-state index in [9.17, 15) is 0 Å². The van der Waals surface area contributed by atoms with Crippen molar-refractivity contribution in [2.45, 2.75) is 39.2 Å². The minimum atomic E-state index is 0.278. The van der Waals surface area contributed by atoms with Gasteiger partial charge in [-0.3, -0.25) is 0 Å². The monoisotopic (exact) mass is 227 g/mol. The third-order valence-corrected chi connectivity index (χ3v) is 3.73. The highest BCUT2D eigenvalue weighted by atomic mass is 15.3. The average molecular weight is 227 g/mol. The van der Waals surface area contributed by atoms with Crippen LogP contribution in [0.1, 0.15) is 33.6 Å². The Morgan fingerprint density at radius 3 is 1.94 bits per heavy atom. The van der Waals surface area contributed by atoms with Crippen LogP contribution in [0.25, 0.3) is 0 Å².